The van der Waals surface area contributed by atoms with E-state index in [0.29, 0.717) is 34.3 Å². The van der Waals surface area contributed by atoms with Crippen molar-refractivity contribution < 1.29 is 33.3 Å². The Hall–Kier alpha value is -4.20. The monoisotopic (exact) mass is 463 g/mol. The summed E-state index contributed by atoms with van der Waals surface area (Å²) in [5.41, 5.74) is 1.05. The van der Waals surface area contributed by atoms with Crippen LogP contribution in [-0.2, 0) is 16.1 Å². The van der Waals surface area contributed by atoms with E-state index in [0.717, 1.165) is 5.56 Å². The molecule has 2 heterocycles. The van der Waals surface area contributed by atoms with Gasteiger partial charge >= 0.3 is 0 Å². The van der Waals surface area contributed by atoms with Gasteiger partial charge in [-0.3, -0.25) is 9.59 Å². The number of furan rings is 1. The number of aryl methyl sites for hydroxylation is 1. The topological polar surface area (TPSA) is 98.4 Å². The highest BCUT2D eigenvalue weighted by Gasteiger charge is 2.47. The summed E-state index contributed by atoms with van der Waals surface area (Å²) in [5.74, 6) is 0.690. The molecular formula is C26H25NO7. The number of amides is 1. The second-order valence-corrected chi connectivity index (χ2v) is 7.79. The van der Waals surface area contributed by atoms with Crippen molar-refractivity contribution in [3.05, 3.63) is 82.8 Å². The minimum absolute atomic E-state index is 0.0555. The van der Waals surface area contributed by atoms with Gasteiger partial charge < -0.3 is 28.6 Å². The maximum atomic E-state index is 13.2. The van der Waals surface area contributed by atoms with Crippen molar-refractivity contribution in [3.8, 4) is 17.2 Å². The molecule has 176 valence electrons. The summed E-state index contributed by atoms with van der Waals surface area (Å²) in [4.78, 5) is 27.7. The number of Topliss-reactive ketones (excluding diaryl/α,β-unsaturated/α-hetero) is 1. The minimum Gasteiger partial charge on any atom is -0.507 e. The lowest BCUT2D eigenvalue weighted by molar-refractivity contribution is -0.140. The van der Waals surface area contributed by atoms with Crippen LogP contribution in [0, 0.1) is 6.92 Å². The number of nitrogens with zero attached hydrogens (tertiary/aromatic N) is 1. The number of aliphatic hydroxyl groups is 1. The van der Waals surface area contributed by atoms with Crippen LogP contribution in [0.3, 0.4) is 0 Å². The Morgan fingerprint density at radius 1 is 0.941 bits per heavy atom. The Morgan fingerprint density at radius 2 is 1.65 bits per heavy atom. The first-order valence-corrected chi connectivity index (χ1v) is 10.6. The minimum atomic E-state index is -0.899. The molecule has 0 saturated carbocycles. The quantitative estimate of drug-likeness (QED) is 0.318. The van der Waals surface area contributed by atoms with Crippen LogP contribution in [0.4, 0.5) is 0 Å². The van der Waals surface area contributed by atoms with Gasteiger partial charge in [-0.2, -0.15) is 0 Å². The number of benzene rings is 2. The summed E-state index contributed by atoms with van der Waals surface area (Å²) in [6, 6.07) is 14.5. The third-order valence-electron chi connectivity index (χ3n) is 5.74. The normalized spacial score (nSPS) is 17.2. The number of ketones is 1. The molecule has 1 aliphatic rings. The molecule has 1 aliphatic heterocycles. The Balaban J connectivity index is 1.82. The molecule has 4 rings (SSSR count). The number of hydrogen-bond donors (Lipinski definition) is 1. The molecule has 0 radical (unpaired) electrons. The molecule has 34 heavy (non-hydrogen) atoms. The van der Waals surface area contributed by atoms with E-state index in [1.54, 1.807) is 56.5 Å². The second kappa shape index (κ2) is 9.35. The molecular weight excluding hydrogens is 438 g/mol. The van der Waals surface area contributed by atoms with Crippen molar-refractivity contribution >= 4 is 17.4 Å². The zero-order chi connectivity index (χ0) is 24.4. The van der Waals surface area contributed by atoms with E-state index < -0.39 is 17.7 Å². The lowest BCUT2D eigenvalue weighted by atomic mass is 9.99. The van der Waals surface area contributed by atoms with E-state index in [-0.39, 0.29) is 17.9 Å². The van der Waals surface area contributed by atoms with E-state index in [1.165, 1.54) is 19.1 Å². The van der Waals surface area contributed by atoms with Crippen LogP contribution in [-0.4, -0.2) is 43.0 Å². The van der Waals surface area contributed by atoms with Crippen LogP contribution in [0.1, 0.15) is 28.7 Å². The van der Waals surface area contributed by atoms with Crippen molar-refractivity contribution in [1.82, 2.24) is 4.90 Å². The second-order valence-electron chi connectivity index (χ2n) is 7.79. The number of rotatable bonds is 7. The molecule has 0 bridgehead atoms. The van der Waals surface area contributed by atoms with Gasteiger partial charge in [0.05, 0.1) is 26.9 Å². The molecule has 1 amide bonds. The Kier molecular flexibility index (Phi) is 6.32. The van der Waals surface area contributed by atoms with Crippen LogP contribution in [0.5, 0.6) is 17.2 Å². The molecule has 8 heteroatoms. The predicted molar refractivity (Wildman–Crippen MR) is 124 cm³/mol. The fourth-order valence-corrected chi connectivity index (χ4v) is 4.01. The lowest BCUT2D eigenvalue weighted by Gasteiger charge is -2.23. The molecule has 0 spiro atoms. The third kappa shape index (κ3) is 4.10. The van der Waals surface area contributed by atoms with Crippen LogP contribution in [0.15, 0.2) is 64.6 Å². The molecule has 1 fully saturated rings. The standard InChI is InChI=1S/C26H25NO7/c1-15-5-11-20(34-15)23-22(24(28)17-8-12-19(32-3)21(13-17)33-4)25(29)26(30)27(23)14-16-6-9-18(31-2)10-7-16/h5-13,23,28H,14H2,1-4H3/b24-22-. The van der Waals surface area contributed by atoms with Gasteiger partial charge in [0.2, 0.25) is 0 Å². The van der Waals surface area contributed by atoms with Gasteiger partial charge in [0.1, 0.15) is 29.1 Å². The highest BCUT2D eigenvalue weighted by atomic mass is 16.5. The van der Waals surface area contributed by atoms with Gasteiger partial charge in [0, 0.05) is 12.1 Å². The zero-order valence-corrected chi connectivity index (χ0v) is 19.3. The summed E-state index contributed by atoms with van der Waals surface area (Å²) in [6.45, 7) is 1.91. The number of likely N-dealkylation sites (tertiary alicyclic amines) is 1. The first-order valence-electron chi connectivity index (χ1n) is 10.6. The number of carbonyl (C=O) groups is 2. The van der Waals surface area contributed by atoms with E-state index >= 15 is 0 Å². The fourth-order valence-electron chi connectivity index (χ4n) is 4.01. The average molecular weight is 463 g/mol. The van der Waals surface area contributed by atoms with Gasteiger partial charge in [-0.15, -0.1) is 0 Å². The number of hydrogen-bond acceptors (Lipinski definition) is 7. The number of ether oxygens (including phenoxy) is 3. The molecule has 1 N–H and O–H groups in total. The van der Waals surface area contributed by atoms with Crippen LogP contribution in [0.25, 0.3) is 5.76 Å². The van der Waals surface area contributed by atoms with E-state index in [4.69, 9.17) is 18.6 Å². The molecule has 8 nitrogen and oxygen atoms in total. The number of carbonyl (C=O) groups excluding carboxylic acids is 2. The SMILES string of the molecule is COc1ccc(CN2C(=O)C(=O)/C(=C(\O)c3ccc(OC)c(OC)c3)C2c2ccc(C)o2)cc1. The summed E-state index contributed by atoms with van der Waals surface area (Å²) in [6.07, 6.45) is 0. The van der Waals surface area contributed by atoms with Crippen molar-refractivity contribution in [1.29, 1.82) is 0 Å². The highest BCUT2D eigenvalue weighted by molar-refractivity contribution is 6.46. The molecule has 1 atom stereocenters. The van der Waals surface area contributed by atoms with E-state index in [2.05, 4.69) is 0 Å². The molecule has 1 saturated heterocycles. The molecule has 2 aromatic carbocycles. The fraction of sp³-hybridized carbons (Fsp3) is 0.231. The number of aliphatic hydroxyl groups excluding tert-OH is 1. The molecule has 1 unspecified atom stereocenters. The zero-order valence-electron chi connectivity index (χ0n) is 19.3. The maximum absolute atomic E-state index is 13.2. The summed E-state index contributed by atoms with van der Waals surface area (Å²) in [7, 11) is 4.55. The Bertz CT molecular complexity index is 1260. The lowest BCUT2D eigenvalue weighted by Crippen LogP contribution is -2.29. The van der Waals surface area contributed by atoms with E-state index in [1.807, 2.05) is 12.1 Å². The van der Waals surface area contributed by atoms with E-state index in [9.17, 15) is 14.7 Å². The maximum Gasteiger partial charge on any atom is 0.296 e. The summed E-state index contributed by atoms with van der Waals surface area (Å²) < 4.78 is 21.6. The third-order valence-corrected chi connectivity index (χ3v) is 5.74. The number of methoxy groups -OCH3 is 3. The van der Waals surface area contributed by atoms with Crippen LogP contribution >= 0.6 is 0 Å². The van der Waals surface area contributed by atoms with Crippen molar-refractivity contribution in [2.75, 3.05) is 21.3 Å². The van der Waals surface area contributed by atoms with Crippen LogP contribution in [0.2, 0.25) is 0 Å². The molecule has 1 aromatic heterocycles. The molecule has 0 aliphatic carbocycles. The van der Waals surface area contributed by atoms with Gasteiger partial charge in [-0.25, -0.2) is 0 Å². The summed E-state index contributed by atoms with van der Waals surface area (Å²) in [5, 5.41) is 11.2. The smallest absolute Gasteiger partial charge is 0.296 e. The van der Waals surface area contributed by atoms with Gasteiger partial charge in [-0.05, 0) is 55.0 Å². The first kappa shape index (κ1) is 23.0. The predicted octanol–water partition coefficient (Wildman–Crippen LogP) is 4.24. The largest absolute Gasteiger partial charge is 0.507 e. The Morgan fingerprint density at radius 3 is 2.24 bits per heavy atom. The summed E-state index contributed by atoms with van der Waals surface area (Å²) >= 11 is 0. The van der Waals surface area contributed by atoms with Crippen LogP contribution < -0.4 is 14.2 Å². The Labute approximate surface area is 197 Å². The average Bonchev–Trinajstić information content (AvgIpc) is 3.39. The van der Waals surface area contributed by atoms with Gasteiger partial charge in [0.25, 0.3) is 11.7 Å². The van der Waals surface area contributed by atoms with Gasteiger partial charge in [0.15, 0.2) is 11.5 Å². The van der Waals surface area contributed by atoms with Crippen molar-refractivity contribution in [2.24, 2.45) is 0 Å². The van der Waals surface area contributed by atoms with Crippen molar-refractivity contribution in [2.45, 2.75) is 19.5 Å². The first-order chi connectivity index (χ1) is 16.4. The van der Waals surface area contributed by atoms with Crippen molar-refractivity contribution in [3.63, 3.8) is 0 Å². The molecule has 3 aromatic rings. The highest BCUT2D eigenvalue weighted by Crippen LogP contribution is 2.42. The van der Waals surface area contributed by atoms with Gasteiger partial charge in [-0.1, -0.05) is 12.1 Å².